The molecule has 0 aromatic heterocycles. The largest absolute Gasteiger partial charge is 0.508 e. The summed E-state index contributed by atoms with van der Waals surface area (Å²) in [6.45, 7) is 8.09. The Kier molecular flexibility index (Phi) is 10.1. The monoisotopic (exact) mass is 455 g/mol. The third kappa shape index (κ3) is 8.66. The van der Waals surface area contributed by atoms with Crippen molar-refractivity contribution < 1.29 is 29.3 Å². The molecule has 1 aromatic rings. The van der Waals surface area contributed by atoms with Crippen LogP contribution in [0.4, 0.5) is 4.79 Å². The van der Waals surface area contributed by atoms with E-state index in [-0.39, 0.29) is 24.1 Å². The second-order valence-corrected chi connectivity index (χ2v) is 8.66. The summed E-state index contributed by atoms with van der Waals surface area (Å²) in [4.78, 5) is 39.7. The van der Waals surface area contributed by atoms with E-state index < -0.39 is 42.2 Å². The van der Waals surface area contributed by atoms with Gasteiger partial charge in [-0.15, -0.1) is 0 Å². The fraction of sp³-hybridized carbons (Fsp3) is 0.571. The van der Waals surface area contributed by atoms with E-state index >= 15 is 0 Å². The minimum Gasteiger partial charge on any atom is -0.508 e. The average molecular weight is 456 g/mol. The summed E-state index contributed by atoms with van der Waals surface area (Å²) in [6, 6.07) is 3.48. The summed E-state index contributed by atoms with van der Waals surface area (Å²) in [7, 11) is 0. The molecule has 2 atom stereocenters. The van der Waals surface area contributed by atoms with Crippen molar-refractivity contribution in [3.05, 3.63) is 29.8 Å². The summed E-state index contributed by atoms with van der Waals surface area (Å²) in [5.41, 5.74) is -0.321. The smallest absolute Gasteiger partial charge is 0.408 e. The minimum atomic E-state index is -1.09. The van der Waals surface area contributed by atoms with Crippen molar-refractivity contribution in [3.63, 3.8) is 0 Å². The molecule has 31 heavy (non-hydrogen) atoms. The standard InChI is InChI=1S/C21H33N3O6S/c1-13(2)22-18(27)17(14-6-8-15(26)9-7-14)24(10-11-25)19(28)16(12-31)23-20(29)30-21(3,4)5/h6-9,13,16-17,25-26,31H,10-12H2,1-5H3,(H,22,27)(H,23,29). The number of aromatic hydroxyl groups is 1. The second-order valence-electron chi connectivity index (χ2n) is 8.29. The molecule has 174 valence electrons. The van der Waals surface area contributed by atoms with Gasteiger partial charge >= 0.3 is 6.09 Å². The third-order valence-electron chi connectivity index (χ3n) is 4.00. The van der Waals surface area contributed by atoms with Gasteiger partial charge in [0.15, 0.2) is 0 Å². The molecule has 0 aliphatic heterocycles. The van der Waals surface area contributed by atoms with Crippen molar-refractivity contribution in [1.82, 2.24) is 15.5 Å². The fourth-order valence-electron chi connectivity index (χ4n) is 2.80. The zero-order chi connectivity index (χ0) is 23.8. The Morgan fingerprint density at radius 2 is 1.71 bits per heavy atom. The number of carbonyl (C=O) groups is 3. The van der Waals surface area contributed by atoms with E-state index in [0.717, 1.165) is 0 Å². The number of carbonyl (C=O) groups excluding carboxylic acids is 3. The van der Waals surface area contributed by atoms with Crippen molar-refractivity contribution in [2.75, 3.05) is 18.9 Å². The highest BCUT2D eigenvalue weighted by molar-refractivity contribution is 7.80. The number of rotatable bonds is 9. The maximum absolute atomic E-state index is 13.3. The summed E-state index contributed by atoms with van der Waals surface area (Å²) in [6.07, 6.45) is -0.795. The van der Waals surface area contributed by atoms with E-state index in [1.807, 2.05) is 0 Å². The Hall–Kier alpha value is -2.46. The lowest BCUT2D eigenvalue weighted by atomic mass is 10.0. The van der Waals surface area contributed by atoms with Gasteiger partial charge in [0.05, 0.1) is 6.61 Å². The minimum absolute atomic E-state index is 0.00614. The lowest BCUT2D eigenvalue weighted by Gasteiger charge is -2.34. The molecule has 0 heterocycles. The maximum atomic E-state index is 13.3. The van der Waals surface area contributed by atoms with Crippen LogP contribution in [0.3, 0.4) is 0 Å². The van der Waals surface area contributed by atoms with E-state index in [9.17, 15) is 24.6 Å². The normalized spacial score (nSPS) is 13.3. The molecular formula is C21H33N3O6S. The van der Waals surface area contributed by atoms with Crippen LogP contribution < -0.4 is 10.6 Å². The Morgan fingerprint density at radius 1 is 1.13 bits per heavy atom. The van der Waals surface area contributed by atoms with E-state index in [2.05, 4.69) is 23.3 Å². The molecule has 1 aromatic carbocycles. The highest BCUT2D eigenvalue weighted by Crippen LogP contribution is 2.24. The number of aliphatic hydroxyl groups is 1. The first kappa shape index (κ1) is 26.6. The lowest BCUT2D eigenvalue weighted by Crippen LogP contribution is -2.54. The molecule has 0 bridgehead atoms. The van der Waals surface area contributed by atoms with Crippen molar-refractivity contribution in [1.29, 1.82) is 0 Å². The van der Waals surface area contributed by atoms with Crippen LogP contribution in [-0.4, -0.2) is 69.6 Å². The number of nitrogens with one attached hydrogen (secondary N) is 2. The van der Waals surface area contributed by atoms with Crippen molar-refractivity contribution in [3.8, 4) is 5.75 Å². The number of phenols is 1. The summed E-state index contributed by atoms with van der Waals surface area (Å²) in [5, 5.41) is 24.4. The van der Waals surface area contributed by atoms with Crippen LogP contribution in [0.25, 0.3) is 0 Å². The highest BCUT2D eigenvalue weighted by atomic mass is 32.1. The molecule has 0 aliphatic rings. The predicted octanol–water partition coefficient (Wildman–Crippen LogP) is 1.60. The highest BCUT2D eigenvalue weighted by Gasteiger charge is 2.35. The topological polar surface area (TPSA) is 128 Å². The van der Waals surface area contributed by atoms with E-state index in [0.29, 0.717) is 5.56 Å². The summed E-state index contributed by atoms with van der Waals surface area (Å²) in [5.74, 6) is -1.11. The van der Waals surface area contributed by atoms with Crippen LogP contribution in [-0.2, 0) is 14.3 Å². The van der Waals surface area contributed by atoms with Gasteiger partial charge in [0, 0.05) is 18.3 Å². The second kappa shape index (κ2) is 11.8. The number of ether oxygens (including phenoxy) is 1. The van der Waals surface area contributed by atoms with Crippen molar-refractivity contribution in [2.45, 2.75) is 58.3 Å². The van der Waals surface area contributed by atoms with Gasteiger partial charge in [-0.05, 0) is 52.3 Å². The lowest BCUT2D eigenvalue weighted by molar-refractivity contribution is -0.142. The number of hydrogen-bond donors (Lipinski definition) is 5. The Balaban J connectivity index is 3.27. The molecule has 2 unspecified atom stereocenters. The van der Waals surface area contributed by atoms with E-state index in [1.165, 1.54) is 29.2 Å². The Bertz CT molecular complexity index is 748. The van der Waals surface area contributed by atoms with Gasteiger partial charge in [0.1, 0.15) is 23.4 Å². The van der Waals surface area contributed by atoms with Crippen LogP contribution in [0.15, 0.2) is 24.3 Å². The average Bonchev–Trinajstić information content (AvgIpc) is 2.64. The first-order valence-electron chi connectivity index (χ1n) is 10.0. The number of benzene rings is 1. The zero-order valence-electron chi connectivity index (χ0n) is 18.6. The Morgan fingerprint density at radius 3 is 2.16 bits per heavy atom. The first-order chi connectivity index (χ1) is 14.4. The van der Waals surface area contributed by atoms with Gasteiger partial charge in [-0.2, -0.15) is 12.6 Å². The SMILES string of the molecule is CC(C)NC(=O)C(c1ccc(O)cc1)N(CCO)C(=O)C(CS)NC(=O)OC(C)(C)C. The number of hydrogen-bond acceptors (Lipinski definition) is 7. The maximum Gasteiger partial charge on any atom is 0.408 e. The molecule has 0 fully saturated rings. The number of alkyl carbamates (subject to hydrolysis) is 1. The van der Waals surface area contributed by atoms with Gasteiger partial charge < -0.3 is 30.5 Å². The van der Waals surface area contributed by atoms with Crippen LogP contribution >= 0.6 is 12.6 Å². The molecule has 10 heteroatoms. The van der Waals surface area contributed by atoms with Crippen LogP contribution in [0, 0.1) is 0 Å². The molecule has 3 amide bonds. The third-order valence-corrected chi connectivity index (χ3v) is 4.36. The number of phenolic OH excluding ortho intramolecular Hbond substituents is 1. The first-order valence-corrected chi connectivity index (χ1v) is 10.6. The number of nitrogens with zero attached hydrogens (tertiary/aromatic N) is 1. The molecule has 0 saturated heterocycles. The zero-order valence-corrected chi connectivity index (χ0v) is 19.5. The molecule has 0 spiro atoms. The summed E-state index contributed by atoms with van der Waals surface area (Å²) < 4.78 is 5.21. The van der Waals surface area contributed by atoms with Gasteiger partial charge in [-0.1, -0.05) is 12.1 Å². The van der Waals surface area contributed by atoms with Crippen molar-refractivity contribution in [2.24, 2.45) is 0 Å². The van der Waals surface area contributed by atoms with Gasteiger partial charge in [-0.25, -0.2) is 4.79 Å². The van der Waals surface area contributed by atoms with Crippen LogP contribution in [0.2, 0.25) is 0 Å². The Labute approximate surface area is 188 Å². The number of thiol groups is 1. The molecule has 0 saturated carbocycles. The molecule has 1 rings (SSSR count). The van der Waals surface area contributed by atoms with E-state index in [1.54, 1.807) is 34.6 Å². The predicted molar refractivity (Wildman–Crippen MR) is 120 cm³/mol. The van der Waals surface area contributed by atoms with Crippen molar-refractivity contribution >= 4 is 30.5 Å². The fourth-order valence-corrected chi connectivity index (χ4v) is 3.05. The number of aliphatic hydroxyl groups excluding tert-OH is 1. The summed E-state index contributed by atoms with van der Waals surface area (Å²) >= 11 is 4.17. The van der Waals surface area contributed by atoms with Crippen LogP contribution in [0.1, 0.15) is 46.2 Å². The molecule has 4 N–H and O–H groups in total. The van der Waals surface area contributed by atoms with Gasteiger partial charge in [-0.3, -0.25) is 9.59 Å². The quantitative estimate of drug-likeness (QED) is 0.360. The molecule has 0 radical (unpaired) electrons. The van der Waals surface area contributed by atoms with E-state index in [4.69, 9.17) is 4.74 Å². The van der Waals surface area contributed by atoms with Gasteiger partial charge in [0.2, 0.25) is 11.8 Å². The van der Waals surface area contributed by atoms with Crippen LogP contribution in [0.5, 0.6) is 5.75 Å². The number of amides is 3. The van der Waals surface area contributed by atoms with Gasteiger partial charge in [0.25, 0.3) is 0 Å². The molecular weight excluding hydrogens is 422 g/mol. The molecule has 9 nitrogen and oxygen atoms in total. The molecule has 0 aliphatic carbocycles.